The van der Waals surface area contributed by atoms with E-state index in [4.69, 9.17) is 23.2 Å². The first kappa shape index (κ1) is 19.5. The molecule has 0 aromatic heterocycles. The second kappa shape index (κ2) is 9.07. The molecule has 2 nitrogen and oxygen atoms in total. The summed E-state index contributed by atoms with van der Waals surface area (Å²) in [6.45, 7) is 0. The predicted molar refractivity (Wildman–Crippen MR) is 108 cm³/mol. The number of Topliss-reactive ketones (excluding diaryl/α,β-unsaturated/α-hetero) is 2. The van der Waals surface area contributed by atoms with E-state index in [1.165, 1.54) is 9.79 Å². The first-order valence-electron chi connectivity index (χ1n) is 8.74. The zero-order valence-electron chi connectivity index (χ0n) is 14.4. The van der Waals surface area contributed by atoms with Gasteiger partial charge in [-0.3, -0.25) is 9.59 Å². The Morgan fingerprint density at radius 1 is 0.808 bits per heavy atom. The highest BCUT2D eigenvalue weighted by Gasteiger charge is 2.19. The molecule has 1 aliphatic heterocycles. The average molecular weight is 407 g/mol. The number of halogens is 2. The molecule has 0 saturated carbocycles. The summed E-state index contributed by atoms with van der Waals surface area (Å²) in [4.78, 5) is 26.9. The smallest absolute Gasteiger partial charge is 0.162 e. The van der Waals surface area contributed by atoms with Gasteiger partial charge in [-0.15, -0.1) is 23.2 Å². The summed E-state index contributed by atoms with van der Waals surface area (Å²) < 4.78 is 0. The second-order valence-corrected chi connectivity index (χ2v) is 8.19. The molecule has 0 saturated heterocycles. The van der Waals surface area contributed by atoms with Crippen molar-refractivity contribution in [2.24, 2.45) is 0 Å². The zero-order valence-corrected chi connectivity index (χ0v) is 16.7. The van der Waals surface area contributed by atoms with Gasteiger partial charge in [-0.1, -0.05) is 23.9 Å². The number of hydrogen-bond donors (Lipinski definition) is 0. The largest absolute Gasteiger partial charge is 0.294 e. The van der Waals surface area contributed by atoms with E-state index in [1.807, 2.05) is 36.4 Å². The van der Waals surface area contributed by atoms with E-state index < -0.39 is 0 Å². The number of alkyl halides is 2. The highest BCUT2D eigenvalue weighted by Crippen LogP contribution is 2.40. The predicted octanol–water partition coefficient (Wildman–Crippen LogP) is 6.15. The maximum atomic E-state index is 12.3. The van der Waals surface area contributed by atoms with Crippen LogP contribution in [0.2, 0.25) is 0 Å². The summed E-state index contributed by atoms with van der Waals surface area (Å²) in [5, 5.41) is 0. The van der Waals surface area contributed by atoms with E-state index >= 15 is 0 Å². The van der Waals surface area contributed by atoms with Crippen molar-refractivity contribution in [2.45, 2.75) is 41.9 Å². The molecular formula is C21H20Cl2O2S. The van der Waals surface area contributed by atoms with Crippen LogP contribution in [0.1, 0.15) is 57.5 Å². The lowest BCUT2D eigenvalue weighted by Gasteiger charge is -2.20. The van der Waals surface area contributed by atoms with Crippen LogP contribution in [0.25, 0.3) is 0 Å². The van der Waals surface area contributed by atoms with E-state index in [1.54, 1.807) is 11.8 Å². The standard InChI is InChI=1S/C21H20Cl2O2S/c22-9-1-3-18(24)14-5-7-20-16(11-14)13-17-12-15(6-8-21(17)26-20)19(25)4-2-10-23/h5-8,11-12H,1-4,9-10,13H2. The lowest BCUT2D eigenvalue weighted by Crippen LogP contribution is -2.06. The van der Waals surface area contributed by atoms with Crippen LogP contribution in [0.3, 0.4) is 0 Å². The molecule has 1 heterocycles. The van der Waals surface area contributed by atoms with Crippen LogP contribution in [0.15, 0.2) is 46.2 Å². The van der Waals surface area contributed by atoms with Crippen molar-refractivity contribution in [3.63, 3.8) is 0 Å². The zero-order chi connectivity index (χ0) is 18.5. The molecule has 0 unspecified atom stereocenters. The Bertz CT molecular complexity index is 765. The van der Waals surface area contributed by atoms with Crippen LogP contribution in [0.5, 0.6) is 0 Å². The fourth-order valence-electron chi connectivity index (χ4n) is 3.05. The summed E-state index contributed by atoms with van der Waals surface area (Å²) in [6, 6.07) is 11.8. The maximum absolute atomic E-state index is 12.3. The van der Waals surface area contributed by atoms with Crippen LogP contribution in [0.4, 0.5) is 0 Å². The summed E-state index contributed by atoms with van der Waals surface area (Å²) in [5.41, 5.74) is 3.77. The number of ketones is 2. The molecule has 26 heavy (non-hydrogen) atoms. The van der Waals surface area contributed by atoms with E-state index in [0.29, 0.717) is 37.4 Å². The topological polar surface area (TPSA) is 34.1 Å². The molecule has 0 radical (unpaired) electrons. The van der Waals surface area contributed by atoms with Crippen molar-refractivity contribution < 1.29 is 9.59 Å². The van der Waals surface area contributed by atoms with Gasteiger partial charge in [0.1, 0.15) is 0 Å². The highest BCUT2D eigenvalue weighted by molar-refractivity contribution is 7.99. The third-order valence-electron chi connectivity index (χ3n) is 4.44. The first-order chi connectivity index (χ1) is 12.6. The lowest BCUT2D eigenvalue weighted by atomic mass is 9.97. The SMILES string of the molecule is O=C(CCCCl)c1ccc2c(c1)Cc1cc(C(=O)CCCCl)ccc1S2. The molecule has 5 heteroatoms. The summed E-state index contributed by atoms with van der Waals surface area (Å²) >= 11 is 13.1. The van der Waals surface area contributed by atoms with Gasteiger partial charge in [0.05, 0.1) is 0 Å². The molecule has 1 aliphatic rings. The molecule has 0 atom stereocenters. The fourth-order valence-corrected chi connectivity index (χ4v) is 4.35. The Hall–Kier alpha value is -1.29. The third kappa shape index (κ3) is 4.51. The van der Waals surface area contributed by atoms with Crippen LogP contribution in [-0.4, -0.2) is 23.3 Å². The Balaban J connectivity index is 1.81. The number of hydrogen-bond acceptors (Lipinski definition) is 3. The number of rotatable bonds is 8. The van der Waals surface area contributed by atoms with Crippen LogP contribution in [0, 0.1) is 0 Å². The molecule has 0 aliphatic carbocycles. The Morgan fingerprint density at radius 3 is 1.69 bits per heavy atom. The van der Waals surface area contributed by atoms with Gasteiger partial charge < -0.3 is 0 Å². The molecule has 0 spiro atoms. The van der Waals surface area contributed by atoms with Gasteiger partial charge in [-0.2, -0.15) is 0 Å². The van der Waals surface area contributed by atoms with Gasteiger partial charge >= 0.3 is 0 Å². The van der Waals surface area contributed by atoms with Crippen LogP contribution >= 0.6 is 35.0 Å². The first-order valence-corrected chi connectivity index (χ1v) is 10.6. The van der Waals surface area contributed by atoms with Gasteiger partial charge in [0.25, 0.3) is 0 Å². The quantitative estimate of drug-likeness (QED) is 0.332. The van der Waals surface area contributed by atoms with Gasteiger partial charge in [-0.25, -0.2) is 0 Å². The fraction of sp³-hybridized carbons (Fsp3) is 0.333. The van der Waals surface area contributed by atoms with Crippen molar-refractivity contribution in [1.29, 1.82) is 0 Å². The molecule has 3 rings (SSSR count). The molecule has 2 aromatic rings. The number of carbonyl (C=O) groups is 2. The third-order valence-corrected chi connectivity index (χ3v) is 6.21. The average Bonchev–Trinajstić information content (AvgIpc) is 2.67. The van der Waals surface area contributed by atoms with Crippen LogP contribution in [-0.2, 0) is 6.42 Å². The molecule has 136 valence electrons. The molecule has 0 fully saturated rings. The van der Waals surface area contributed by atoms with Crippen LogP contribution < -0.4 is 0 Å². The van der Waals surface area contributed by atoms with E-state index in [-0.39, 0.29) is 11.6 Å². The van der Waals surface area contributed by atoms with E-state index in [0.717, 1.165) is 28.7 Å². The Kier molecular flexibility index (Phi) is 6.80. The number of carbonyl (C=O) groups excluding carboxylic acids is 2. The van der Waals surface area contributed by atoms with Crippen molar-refractivity contribution >= 4 is 46.5 Å². The summed E-state index contributed by atoms with van der Waals surface area (Å²) in [7, 11) is 0. The van der Waals surface area contributed by atoms with E-state index in [9.17, 15) is 9.59 Å². The van der Waals surface area contributed by atoms with Crippen molar-refractivity contribution in [3.8, 4) is 0 Å². The maximum Gasteiger partial charge on any atom is 0.162 e. The summed E-state index contributed by atoms with van der Waals surface area (Å²) in [6.07, 6.45) is 3.09. The second-order valence-electron chi connectivity index (χ2n) is 6.36. The molecule has 0 N–H and O–H groups in total. The van der Waals surface area contributed by atoms with E-state index in [2.05, 4.69) is 0 Å². The van der Waals surface area contributed by atoms with Gasteiger partial charge in [-0.05, 0) is 54.7 Å². The number of benzene rings is 2. The normalized spacial score (nSPS) is 12.4. The highest BCUT2D eigenvalue weighted by atomic mass is 35.5. The van der Waals surface area contributed by atoms with Gasteiger partial charge in [0, 0.05) is 45.5 Å². The minimum Gasteiger partial charge on any atom is -0.294 e. The lowest BCUT2D eigenvalue weighted by molar-refractivity contribution is 0.0974. The Labute approximate surface area is 168 Å². The Morgan fingerprint density at radius 2 is 1.27 bits per heavy atom. The van der Waals surface area contributed by atoms with Gasteiger partial charge in [0.15, 0.2) is 11.6 Å². The summed E-state index contributed by atoms with van der Waals surface area (Å²) in [5.74, 6) is 1.27. The minimum absolute atomic E-state index is 0.134. The molecular weight excluding hydrogens is 387 g/mol. The minimum atomic E-state index is 0.134. The molecule has 0 amide bonds. The monoisotopic (exact) mass is 406 g/mol. The molecule has 2 aromatic carbocycles. The van der Waals surface area contributed by atoms with Crippen molar-refractivity contribution in [3.05, 3.63) is 58.7 Å². The van der Waals surface area contributed by atoms with Crippen molar-refractivity contribution in [2.75, 3.05) is 11.8 Å². The number of fused-ring (bicyclic) bond motifs is 2. The van der Waals surface area contributed by atoms with Gasteiger partial charge in [0.2, 0.25) is 0 Å². The van der Waals surface area contributed by atoms with Crippen molar-refractivity contribution in [1.82, 2.24) is 0 Å². The molecule has 0 bridgehead atoms.